The van der Waals surface area contributed by atoms with Gasteiger partial charge in [0, 0.05) is 11.3 Å². The fraction of sp³-hybridized carbons (Fsp3) is 0.333. The van der Waals surface area contributed by atoms with Gasteiger partial charge in [-0.15, -0.1) is 11.8 Å². The van der Waals surface area contributed by atoms with Gasteiger partial charge in [-0.2, -0.15) is 5.26 Å². The molecule has 0 amide bonds. The Morgan fingerprint density at radius 1 is 1.50 bits per heavy atom. The molecule has 84 valence electrons. The van der Waals surface area contributed by atoms with Crippen LogP contribution in [0.3, 0.4) is 0 Å². The first-order valence-electron chi connectivity index (χ1n) is 4.93. The van der Waals surface area contributed by atoms with Crippen molar-refractivity contribution in [1.82, 2.24) is 0 Å². The first kappa shape index (κ1) is 12.6. The molecule has 3 nitrogen and oxygen atoms in total. The minimum absolute atomic E-state index is 0.0178. The Bertz CT molecular complexity index is 399. The third-order valence-corrected chi connectivity index (χ3v) is 3.39. The molecule has 0 aliphatic heterocycles. The van der Waals surface area contributed by atoms with Crippen molar-refractivity contribution in [3.05, 3.63) is 30.3 Å². The Hall–Kier alpha value is -1.47. The molecule has 0 heterocycles. The molecule has 0 radical (unpaired) electrons. The number of aliphatic carboxylic acids is 1. The van der Waals surface area contributed by atoms with E-state index in [0.29, 0.717) is 6.42 Å². The second-order valence-electron chi connectivity index (χ2n) is 3.65. The summed E-state index contributed by atoms with van der Waals surface area (Å²) < 4.78 is -0.681. The maximum Gasteiger partial charge on any atom is 0.303 e. The van der Waals surface area contributed by atoms with E-state index in [1.807, 2.05) is 30.3 Å². The highest BCUT2D eigenvalue weighted by Gasteiger charge is 2.26. The highest BCUT2D eigenvalue weighted by atomic mass is 32.2. The van der Waals surface area contributed by atoms with E-state index in [-0.39, 0.29) is 6.42 Å². The van der Waals surface area contributed by atoms with Crippen molar-refractivity contribution in [3.63, 3.8) is 0 Å². The van der Waals surface area contributed by atoms with Crippen molar-refractivity contribution in [1.29, 1.82) is 5.26 Å². The molecule has 1 unspecified atom stereocenters. The zero-order chi connectivity index (χ0) is 12.0. The standard InChI is InChI=1S/C12H13NO2S/c1-12(9-13,8-7-11(14)15)16-10-5-3-2-4-6-10/h2-6H,7-8H2,1H3,(H,14,15). The molecule has 0 spiro atoms. The number of carbonyl (C=O) groups is 1. The molecule has 1 rings (SSSR count). The summed E-state index contributed by atoms with van der Waals surface area (Å²) in [4.78, 5) is 11.5. The van der Waals surface area contributed by atoms with Crippen LogP contribution in [0.1, 0.15) is 19.8 Å². The lowest BCUT2D eigenvalue weighted by Gasteiger charge is -2.19. The molecule has 0 bridgehead atoms. The van der Waals surface area contributed by atoms with Gasteiger partial charge in [0.25, 0.3) is 0 Å². The number of rotatable bonds is 5. The molecule has 1 N–H and O–H groups in total. The zero-order valence-electron chi connectivity index (χ0n) is 9.01. The first-order chi connectivity index (χ1) is 7.56. The summed E-state index contributed by atoms with van der Waals surface area (Å²) in [5.41, 5.74) is 0. The van der Waals surface area contributed by atoms with Crippen molar-refractivity contribution in [3.8, 4) is 6.07 Å². The summed E-state index contributed by atoms with van der Waals surface area (Å²) >= 11 is 1.41. The fourth-order valence-corrected chi connectivity index (χ4v) is 2.29. The molecular weight excluding hydrogens is 222 g/mol. The highest BCUT2D eigenvalue weighted by Crippen LogP contribution is 2.35. The smallest absolute Gasteiger partial charge is 0.303 e. The van der Waals surface area contributed by atoms with Crippen LogP contribution in [0.5, 0.6) is 0 Å². The Balaban J connectivity index is 2.67. The van der Waals surface area contributed by atoms with Gasteiger partial charge in [0.2, 0.25) is 0 Å². The molecule has 0 saturated heterocycles. The number of hydrogen-bond donors (Lipinski definition) is 1. The minimum atomic E-state index is -0.866. The van der Waals surface area contributed by atoms with Gasteiger partial charge in [-0.25, -0.2) is 0 Å². The van der Waals surface area contributed by atoms with Gasteiger partial charge in [-0.3, -0.25) is 4.79 Å². The summed E-state index contributed by atoms with van der Waals surface area (Å²) in [6.45, 7) is 1.77. The number of thioether (sulfide) groups is 1. The monoisotopic (exact) mass is 235 g/mol. The molecule has 0 saturated carbocycles. The first-order valence-corrected chi connectivity index (χ1v) is 5.74. The molecule has 16 heavy (non-hydrogen) atoms. The summed E-state index contributed by atoms with van der Waals surface area (Å²) in [6, 6.07) is 11.7. The second-order valence-corrected chi connectivity index (χ2v) is 5.23. The van der Waals surface area contributed by atoms with Crippen LogP contribution < -0.4 is 0 Å². The third kappa shape index (κ3) is 3.95. The molecule has 1 aromatic rings. The van der Waals surface area contributed by atoms with E-state index in [0.717, 1.165) is 4.90 Å². The van der Waals surface area contributed by atoms with Crippen LogP contribution in [0.25, 0.3) is 0 Å². The molecule has 0 aliphatic carbocycles. The average Bonchev–Trinajstić information content (AvgIpc) is 2.28. The van der Waals surface area contributed by atoms with E-state index < -0.39 is 10.7 Å². The van der Waals surface area contributed by atoms with Crippen LogP contribution in [-0.4, -0.2) is 15.8 Å². The maximum atomic E-state index is 10.5. The Kier molecular flexibility index (Phi) is 4.39. The number of benzene rings is 1. The van der Waals surface area contributed by atoms with Gasteiger partial charge in [0.1, 0.15) is 4.75 Å². The lowest BCUT2D eigenvalue weighted by Crippen LogP contribution is -2.18. The van der Waals surface area contributed by atoms with E-state index >= 15 is 0 Å². The predicted octanol–water partition coefficient (Wildman–Crippen LogP) is 2.93. The summed E-state index contributed by atoms with van der Waals surface area (Å²) in [5.74, 6) is -0.866. The summed E-state index contributed by atoms with van der Waals surface area (Å²) in [5, 5.41) is 17.7. The van der Waals surface area contributed by atoms with Crippen LogP contribution >= 0.6 is 11.8 Å². The summed E-state index contributed by atoms with van der Waals surface area (Å²) in [7, 11) is 0. The predicted molar refractivity (Wildman–Crippen MR) is 63.2 cm³/mol. The van der Waals surface area contributed by atoms with Gasteiger partial charge in [0.15, 0.2) is 0 Å². The van der Waals surface area contributed by atoms with Gasteiger partial charge in [-0.05, 0) is 25.5 Å². The van der Waals surface area contributed by atoms with Crippen LogP contribution in [0, 0.1) is 11.3 Å². The minimum Gasteiger partial charge on any atom is -0.481 e. The SMILES string of the molecule is CC(C#N)(CCC(=O)O)Sc1ccccc1. The van der Waals surface area contributed by atoms with E-state index in [9.17, 15) is 4.79 Å². The van der Waals surface area contributed by atoms with Crippen LogP contribution in [0.4, 0.5) is 0 Å². The molecule has 1 aromatic carbocycles. The summed E-state index contributed by atoms with van der Waals surface area (Å²) in [6.07, 6.45) is 0.363. The van der Waals surface area contributed by atoms with Crippen molar-refractivity contribution in [2.45, 2.75) is 29.4 Å². The topological polar surface area (TPSA) is 61.1 Å². The largest absolute Gasteiger partial charge is 0.481 e. The number of carboxylic acid groups (broad SMARTS) is 1. The van der Waals surface area contributed by atoms with Gasteiger partial charge in [-0.1, -0.05) is 18.2 Å². The molecule has 0 fully saturated rings. The van der Waals surface area contributed by atoms with Crippen LogP contribution in [0.15, 0.2) is 35.2 Å². The molecule has 0 aromatic heterocycles. The second kappa shape index (κ2) is 5.57. The zero-order valence-corrected chi connectivity index (χ0v) is 9.83. The normalized spacial score (nSPS) is 13.8. The number of nitrogens with zero attached hydrogens (tertiary/aromatic N) is 1. The van der Waals surface area contributed by atoms with Crippen molar-refractivity contribution in [2.24, 2.45) is 0 Å². The van der Waals surface area contributed by atoms with Gasteiger partial charge >= 0.3 is 5.97 Å². The van der Waals surface area contributed by atoms with Crippen molar-refractivity contribution >= 4 is 17.7 Å². The lowest BCUT2D eigenvalue weighted by atomic mass is 10.1. The molecular formula is C12H13NO2S. The number of carboxylic acids is 1. The Morgan fingerprint density at radius 2 is 2.12 bits per heavy atom. The van der Waals surface area contributed by atoms with Crippen LogP contribution in [0.2, 0.25) is 0 Å². The maximum absolute atomic E-state index is 10.5. The number of hydrogen-bond acceptors (Lipinski definition) is 3. The quantitative estimate of drug-likeness (QED) is 0.797. The van der Waals surface area contributed by atoms with E-state index in [4.69, 9.17) is 10.4 Å². The van der Waals surface area contributed by atoms with Crippen molar-refractivity contribution < 1.29 is 9.90 Å². The average molecular weight is 235 g/mol. The highest BCUT2D eigenvalue weighted by molar-refractivity contribution is 8.00. The Morgan fingerprint density at radius 3 is 2.62 bits per heavy atom. The lowest BCUT2D eigenvalue weighted by molar-refractivity contribution is -0.137. The Labute approximate surface area is 99.1 Å². The van der Waals surface area contributed by atoms with Crippen LogP contribution in [-0.2, 0) is 4.79 Å². The molecule has 4 heteroatoms. The van der Waals surface area contributed by atoms with E-state index in [1.54, 1.807) is 6.92 Å². The molecule has 1 atom stereocenters. The molecule has 0 aliphatic rings. The fourth-order valence-electron chi connectivity index (χ4n) is 1.22. The van der Waals surface area contributed by atoms with E-state index in [1.165, 1.54) is 11.8 Å². The van der Waals surface area contributed by atoms with Crippen molar-refractivity contribution in [2.75, 3.05) is 0 Å². The van der Waals surface area contributed by atoms with Gasteiger partial charge < -0.3 is 5.11 Å². The van der Waals surface area contributed by atoms with Gasteiger partial charge in [0.05, 0.1) is 6.07 Å². The number of nitriles is 1. The third-order valence-electron chi connectivity index (χ3n) is 2.14. The van der Waals surface area contributed by atoms with E-state index in [2.05, 4.69) is 6.07 Å².